The Bertz CT molecular complexity index is 347. The highest BCUT2D eigenvalue weighted by Crippen LogP contribution is 2.07. The molecule has 1 fully saturated rings. The van der Waals surface area contributed by atoms with E-state index in [2.05, 4.69) is 15.2 Å². The first kappa shape index (κ1) is 11.2. The van der Waals surface area contributed by atoms with E-state index < -0.39 is 0 Å². The Balaban J connectivity index is 1.92. The second-order valence-corrected chi connectivity index (χ2v) is 4.20. The van der Waals surface area contributed by atoms with Crippen LogP contribution in [-0.4, -0.2) is 48.4 Å². The number of hydrogen-bond acceptors (Lipinski definition) is 4. The molecule has 0 aromatic carbocycles. The quantitative estimate of drug-likeness (QED) is 0.751. The molecule has 0 amide bonds. The third kappa shape index (κ3) is 2.65. The minimum absolute atomic E-state index is 0.0926. The summed E-state index contributed by atoms with van der Waals surface area (Å²) in [5.74, 6) is 0.0926. The van der Waals surface area contributed by atoms with Gasteiger partial charge in [-0.15, -0.1) is 0 Å². The molecular weight excluding hydrogens is 202 g/mol. The Labute approximate surface area is 95.7 Å². The monoisotopic (exact) mass is 219 g/mol. The molecule has 0 saturated carbocycles. The van der Waals surface area contributed by atoms with E-state index in [0.29, 0.717) is 18.3 Å². The molecular formula is C12H17N3O. The van der Waals surface area contributed by atoms with Gasteiger partial charge in [0.25, 0.3) is 0 Å². The maximum atomic E-state index is 11.9. The van der Waals surface area contributed by atoms with Crippen LogP contribution in [0.4, 0.5) is 0 Å². The van der Waals surface area contributed by atoms with Gasteiger partial charge in [-0.25, -0.2) is 0 Å². The highest BCUT2D eigenvalue weighted by Gasteiger charge is 2.21. The van der Waals surface area contributed by atoms with Gasteiger partial charge in [-0.3, -0.25) is 14.7 Å². The van der Waals surface area contributed by atoms with E-state index in [4.69, 9.17) is 0 Å². The number of carbonyl (C=O) groups is 1. The zero-order valence-electron chi connectivity index (χ0n) is 9.52. The lowest BCUT2D eigenvalue weighted by atomic mass is 10.2. The third-order valence-corrected chi connectivity index (χ3v) is 3.00. The summed E-state index contributed by atoms with van der Waals surface area (Å²) in [6.45, 7) is 2.47. The first-order valence-electron chi connectivity index (χ1n) is 5.62. The lowest BCUT2D eigenvalue weighted by molar-refractivity contribution is 0.0920. The SMILES string of the molecule is CN(CC(=O)c1ccccn1)[C@H]1CCNC1. The molecule has 1 aromatic heterocycles. The van der Waals surface area contributed by atoms with Crippen molar-refractivity contribution < 1.29 is 4.79 Å². The maximum absolute atomic E-state index is 11.9. The van der Waals surface area contributed by atoms with E-state index in [1.165, 1.54) is 0 Å². The highest BCUT2D eigenvalue weighted by molar-refractivity contribution is 5.95. The first-order chi connectivity index (χ1) is 7.77. The molecule has 86 valence electrons. The summed E-state index contributed by atoms with van der Waals surface area (Å²) in [6, 6.07) is 5.91. The number of ketones is 1. The summed E-state index contributed by atoms with van der Waals surface area (Å²) >= 11 is 0. The van der Waals surface area contributed by atoms with E-state index in [-0.39, 0.29) is 5.78 Å². The minimum atomic E-state index is 0.0926. The molecule has 0 bridgehead atoms. The Morgan fingerprint density at radius 1 is 1.62 bits per heavy atom. The largest absolute Gasteiger partial charge is 0.315 e. The molecule has 0 unspecified atom stereocenters. The summed E-state index contributed by atoms with van der Waals surface area (Å²) in [5.41, 5.74) is 0.556. The van der Waals surface area contributed by atoms with Crippen molar-refractivity contribution in [2.45, 2.75) is 12.5 Å². The summed E-state index contributed by atoms with van der Waals surface area (Å²) in [4.78, 5) is 18.1. The van der Waals surface area contributed by atoms with Crippen molar-refractivity contribution in [1.29, 1.82) is 0 Å². The fourth-order valence-corrected chi connectivity index (χ4v) is 1.98. The molecule has 0 radical (unpaired) electrons. The van der Waals surface area contributed by atoms with Crippen LogP contribution in [0.1, 0.15) is 16.9 Å². The van der Waals surface area contributed by atoms with Crippen molar-refractivity contribution in [2.75, 3.05) is 26.7 Å². The van der Waals surface area contributed by atoms with Crippen molar-refractivity contribution in [1.82, 2.24) is 15.2 Å². The number of carbonyl (C=O) groups excluding carboxylic acids is 1. The van der Waals surface area contributed by atoms with E-state index >= 15 is 0 Å². The second-order valence-electron chi connectivity index (χ2n) is 4.20. The molecule has 0 aliphatic carbocycles. The molecule has 1 aliphatic rings. The Kier molecular flexibility index (Phi) is 3.64. The molecule has 4 nitrogen and oxygen atoms in total. The van der Waals surface area contributed by atoms with E-state index in [0.717, 1.165) is 19.5 Å². The van der Waals surface area contributed by atoms with Gasteiger partial charge in [0.2, 0.25) is 0 Å². The van der Waals surface area contributed by atoms with Crippen LogP contribution in [0.15, 0.2) is 24.4 Å². The molecule has 1 saturated heterocycles. The zero-order chi connectivity index (χ0) is 11.4. The predicted octanol–water partition coefficient (Wildman–Crippen LogP) is 0.558. The summed E-state index contributed by atoms with van der Waals surface area (Å²) in [6.07, 6.45) is 2.77. The van der Waals surface area contributed by atoms with Gasteiger partial charge in [0.15, 0.2) is 5.78 Å². The molecule has 1 aliphatic heterocycles. The average molecular weight is 219 g/mol. The number of rotatable bonds is 4. The van der Waals surface area contributed by atoms with Crippen molar-refractivity contribution in [3.8, 4) is 0 Å². The predicted molar refractivity (Wildman–Crippen MR) is 62.5 cm³/mol. The number of hydrogen-bond donors (Lipinski definition) is 1. The number of nitrogens with zero attached hydrogens (tertiary/aromatic N) is 2. The summed E-state index contributed by atoms with van der Waals surface area (Å²) in [5, 5.41) is 3.30. The molecule has 1 N–H and O–H groups in total. The van der Waals surface area contributed by atoms with Gasteiger partial charge in [0, 0.05) is 18.8 Å². The van der Waals surface area contributed by atoms with Crippen LogP contribution in [0.3, 0.4) is 0 Å². The Hall–Kier alpha value is -1.26. The average Bonchev–Trinajstić information content (AvgIpc) is 2.83. The summed E-state index contributed by atoms with van der Waals surface area (Å²) in [7, 11) is 2.00. The van der Waals surface area contributed by atoms with Crippen molar-refractivity contribution >= 4 is 5.78 Å². The number of Topliss-reactive ketones (excluding diaryl/α,β-unsaturated/α-hetero) is 1. The standard InChI is InChI=1S/C12H17N3O/c1-15(10-5-7-13-8-10)9-12(16)11-4-2-3-6-14-11/h2-4,6,10,13H,5,7-9H2,1H3/t10-/m0/s1. The molecule has 1 atom stereocenters. The van der Waals surface area contributed by atoms with E-state index in [9.17, 15) is 4.79 Å². The normalized spacial score (nSPS) is 20.2. The lowest BCUT2D eigenvalue weighted by Gasteiger charge is -2.22. The number of aromatic nitrogens is 1. The molecule has 16 heavy (non-hydrogen) atoms. The lowest BCUT2D eigenvalue weighted by Crippen LogP contribution is -2.37. The van der Waals surface area contributed by atoms with Gasteiger partial charge in [-0.1, -0.05) is 6.07 Å². The van der Waals surface area contributed by atoms with Crippen LogP contribution >= 0.6 is 0 Å². The molecule has 4 heteroatoms. The Morgan fingerprint density at radius 3 is 3.12 bits per heavy atom. The number of pyridine rings is 1. The zero-order valence-corrected chi connectivity index (χ0v) is 9.52. The van der Waals surface area contributed by atoms with E-state index in [1.807, 2.05) is 19.2 Å². The summed E-state index contributed by atoms with van der Waals surface area (Å²) < 4.78 is 0. The fourth-order valence-electron chi connectivity index (χ4n) is 1.98. The van der Waals surface area contributed by atoms with Gasteiger partial charge >= 0.3 is 0 Å². The molecule has 0 spiro atoms. The molecule has 2 heterocycles. The maximum Gasteiger partial charge on any atom is 0.195 e. The van der Waals surface area contributed by atoms with Gasteiger partial charge in [0.05, 0.1) is 6.54 Å². The molecule has 2 rings (SSSR count). The number of likely N-dealkylation sites (N-methyl/N-ethyl adjacent to an activating group) is 1. The highest BCUT2D eigenvalue weighted by atomic mass is 16.1. The number of nitrogens with one attached hydrogen (secondary N) is 1. The van der Waals surface area contributed by atoms with Crippen molar-refractivity contribution in [3.05, 3.63) is 30.1 Å². The second kappa shape index (κ2) is 5.18. The topological polar surface area (TPSA) is 45.2 Å². The third-order valence-electron chi connectivity index (χ3n) is 3.00. The van der Waals surface area contributed by atoms with Crippen LogP contribution in [0.25, 0.3) is 0 Å². The van der Waals surface area contributed by atoms with Gasteiger partial charge in [-0.05, 0) is 32.1 Å². The minimum Gasteiger partial charge on any atom is -0.315 e. The van der Waals surface area contributed by atoms with Crippen molar-refractivity contribution in [3.63, 3.8) is 0 Å². The fraction of sp³-hybridized carbons (Fsp3) is 0.500. The molecule has 1 aromatic rings. The van der Waals surface area contributed by atoms with Gasteiger partial charge in [0.1, 0.15) is 5.69 Å². The van der Waals surface area contributed by atoms with Gasteiger partial charge in [-0.2, -0.15) is 0 Å². The van der Waals surface area contributed by atoms with Crippen molar-refractivity contribution in [2.24, 2.45) is 0 Å². The first-order valence-corrected chi connectivity index (χ1v) is 5.62. The Morgan fingerprint density at radius 2 is 2.50 bits per heavy atom. The van der Waals surface area contributed by atoms with Crippen LogP contribution in [0.5, 0.6) is 0 Å². The van der Waals surface area contributed by atoms with E-state index in [1.54, 1.807) is 12.3 Å². The van der Waals surface area contributed by atoms with Crippen LogP contribution in [0, 0.1) is 0 Å². The van der Waals surface area contributed by atoms with Crippen LogP contribution in [-0.2, 0) is 0 Å². The smallest absolute Gasteiger partial charge is 0.195 e. The van der Waals surface area contributed by atoms with Crippen LogP contribution in [0.2, 0.25) is 0 Å². The van der Waals surface area contributed by atoms with Crippen LogP contribution < -0.4 is 5.32 Å². The van der Waals surface area contributed by atoms with Gasteiger partial charge < -0.3 is 5.32 Å².